The molecule has 0 aliphatic carbocycles. The predicted molar refractivity (Wildman–Crippen MR) is 73.0 cm³/mol. The summed E-state index contributed by atoms with van der Waals surface area (Å²) in [6.07, 6.45) is 3.76. The molecule has 0 fully saturated rings. The fourth-order valence-electron chi connectivity index (χ4n) is 2.03. The monoisotopic (exact) mass is 251 g/mol. The molecule has 3 heteroatoms. The Morgan fingerprint density at radius 3 is 2.58 bits per heavy atom. The zero-order valence-electron chi connectivity index (χ0n) is 10.3. The van der Waals surface area contributed by atoms with Crippen LogP contribution in [-0.4, -0.2) is 10.4 Å². The van der Waals surface area contributed by atoms with Crippen molar-refractivity contribution in [2.24, 2.45) is 0 Å². The lowest BCUT2D eigenvalue weighted by molar-refractivity contribution is 0.0475. The van der Waals surface area contributed by atoms with Gasteiger partial charge in [0.2, 0.25) is 0 Å². The van der Waals surface area contributed by atoms with Crippen LogP contribution in [-0.2, 0) is 11.3 Å². The fourth-order valence-corrected chi connectivity index (χ4v) is 2.03. The molecule has 3 aromatic rings. The minimum absolute atomic E-state index is 0.294. The summed E-state index contributed by atoms with van der Waals surface area (Å²) in [6, 6.07) is 17.2. The van der Waals surface area contributed by atoms with Gasteiger partial charge in [-0.1, -0.05) is 36.4 Å². The molecular weight excluding hydrogens is 238 g/mol. The highest BCUT2D eigenvalue weighted by atomic mass is 16.5. The van der Waals surface area contributed by atoms with Gasteiger partial charge in [-0.25, -0.2) is 4.79 Å². The molecule has 0 saturated carbocycles. The standard InChI is InChI=1S/C16H13NO2/c18-16(19-12-13-6-2-1-3-7-13)14-9-11-17-10-5-4-8-15(14)17/h1-11H,12H2. The molecule has 0 aliphatic rings. The highest BCUT2D eigenvalue weighted by molar-refractivity contribution is 5.97. The molecule has 19 heavy (non-hydrogen) atoms. The Hall–Kier alpha value is -2.55. The lowest BCUT2D eigenvalue weighted by atomic mass is 10.2. The summed E-state index contributed by atoms with van der Waals surface area (Å²) in [5, 5.41) is 0. The average Bonchev–Trinajstić information content (AvgIpc) is 2.90. The van der Waals surface area contributed by atoms with Gasteiger partial charge in [0.05, 0.1) is 11.1 Å². The normalized spacial score (nSPS) is 10.5. The van der Waals surface area contributed by atoms with Gasteiger partial charge in [0.25, 0.3) is 0 Å². The smallest absolute Gasteiger partial charge is 0.340 e. The Labute approximate surface area is 111 Å². The largest absolute Gasteiger partial charge is 0.457 e. The third-order valence-corrected chi connectivity index (χ3v) is 3.00. The van der Waals surface area contributed by atoms with Crippen LogP contribution in [0, 0.1) is 0 Å². The van der Waals surface area contributed by atoms with E-state index in [0.717, 1.165) is 11.1 Å². The van der Waals surface area contributed by atoms with Gasteiger partial charge >= 0.3 is 5.97 Å². The van der Waals surface area contributed by atoms with E-state index in [0.29, 0.717) is 12.2 Å². The number of hydrogen-bond donors (Lipinski definition) is 0. The van der Waals surface area contributed by atoms with Crippen molar-refractivity contribution in [2.75, 3.05) is 0 Å². The summed E-state index contributed by atoms with van der Waals surface area (Å²) in [4.78, 5) is 12.1. The number of fused-ring (bicyclic) bond motifs is 1. The number of pyridine rings is 1. The maximum atomic E-state index is 12.1. The van der Waals surface area contributed by atoms with Crippen LogP contribution in [0.25, 0.3) is 5.52 Å². The summed E-state index contributed by atoms with van der Waals surface area (Å²) < 4.78 is 7.23. The van der Waals surface area contributed by atoms with Crippen LogP contribution in [0.15, 0.2) is 67.0 Å². The number of ether oxygens (including phenoxy) is 1. The maximum Gasteiger partial charge on any atom is 0.340 e. The van der Waals surface area contributed by atoms with Crippen molar-refractivity contribution in [2.45, 2.75) is 6.61 Å². The van der Waals surface area contributed by atoms with Gasteiger partial charge in [0.1, 0.15) is 6.61 Å². The quantitative estimate of drug-likeness (QED) is 0.669. The van der Waals surface area contributed by atoms with Crippen LogP contribution in [0.1, 0.15) is 15.9 Å². The second-order valence-electron chi connectivity index (χ2n) is 4.28. The van der Waals surface area contributed by atoms with E-state index in [1.54, 1.807) is 6.07 Å². The molecule has 3 nitrogen and oxygen atoms in total. The van der Waals surface area contributed by atoms with E-state index in [1.807, 2.05) is 65.3 Å². The van der Waals surface area contributed by atoms with Gasteiger partial charge in [-0.2, -0.15) is 0 Å². The van der Waals surface area contributed by atoms with Crippen molar-refractivity contribution >= 4 is 11.5 Å². The molecule has 3 rings (SSSR count). The van der Waals surface area contributed by atoms with Crippen LogP contribution >= 0.6 is 0 Å². The van der Waals surface area contributed by atoms with Crippen LogP contribution in [0.5, 0.6) is 0 Å². The predicted octanol–water partition coefficient (Wildman–Crippen LogP) is 3.30. The van der Waals surface area contributed by atoms with Gasteiger partial charge in [-0.3, -0.25) is 0 Å². The van der Waals surface area contributed by atoms with Crippen molar-refractivity contribution in [3.8, 4) is 0 Å². The van der Waals surface area contributed by atoms with E-state index in [4.69, 9.17) is 4.74 Å². The van der Waals surface area contributed by atoms with Gasteiger partial charge in [0.15, 0.2) is 0 Å². The van der Waals surface area contributed by atoms with Crippen LogP contribution < -0.4 is 0 Å². The minimum Gasteiger partial charge on any atom is -0.457 e. The van der Waals surface area contributed by atoms with E-state index < -0.39 is 0 Å². The summed E-state index contributed by atoms with van der Waals surface area (Å²) in [6.45, 7) is 0.295. The summed E-state index contributed by atoms with van der Waals surface area (Å²) in [5.74, 6) is -0.294. The fraction of sp³-hybridized carbons (Fsp3) is 0.0625. The molecule has 0 bridgehead atoms. The molecule has 0 spiro atoms. The molecule has 0 unspecified atom stereocenters. The first-order valence-corrected chi connectivity index (χ1v) is 6.11. The lowest BCUT2D eigenvalue weighted by Crippen LogP contribution is -2.04. The topological polar surface area (TPSA) is 30.7 Å². The third-order valence-electron chi connectivity index (χ3n) is 3.00. The Bertz CT molecular complexity index is 701. The maximum absolute atomic E-state index is 12.1. The summed E-state index contributed by atoms with van der Waals surface area (Å²) >= 11 is 0. The molecule has 94 valence electrons. The van der Waals surface area contributed by atoms with Gasteiger partial charge in [-0.05, 0) is 23.8 Å². The number of esters is 1. The zero-order valence-corrected chi connectivity index (χ0v) is 10.3. The number of rotatable bonds is 3. The molecular formula is C16H13NO2. The van der Waals surface area contributed by atoms with E-state index in [2.05, 4.69) is 0 Å². The van der Waals surface area contributed by atoms with Crippen molar-refractivity contribution in [3.63, 3.8) is 0 Å². The highest BCUT2D eigenvalue weighted by Gasteiger charge is 2.12. The van der Waals surface area contributed by atoms with E-state index >= 15 is 0 Å². The first kappa shape index (κ1) is 11.5. The van der Waals surface area contributed by atoms with Crippen molar-refractivity contribution in [1.82, 2.24) is 4.40 Å². The van der Waals surface area contributed by atoms with Crippen molar-refractivity contribution < 1.29 is 9.53 Å². The zero-order chi connectivity index (χ0) is 13.1. The second kappa shape index (κ2) is 4.98. The number of benzene rings is 1. The van der Waals surface area contributed by atoms with E-state index in [-0.39, 0.29) is 5.97 Å². The molecule has 0 N–H and O–H groups in total. The molecule has 0 radical (unpaired) electrons. The minimum atomic E-state index is -0.294. The Balaban J connectivity index is 1.77. The van der Waals surface area contributed by atoms with Crippen molar-refractivity contribution in [3.05, 3.63) is 78.1 Å². The van der Waals surface area contributed by atoms with Gasteiger partial charge < -0.3 is 9.14 Å². The second-order valence-corrected chi connectivity index (χ2v) is 4.28. The average molecular weight is 251 g/mol. The SMILES string of the molecule is O=C(OCc1ccccc1)c1ccn2ccccc12. The number of nitrogens with zero attached hydrogens (tertiary/aromatic N) is 1. The van der Waals surface area contributed by atoms with E-state index in [9.17, 15) is 4.79 Å². The van der Waals surface area contributed by atoms with Crippen LogP contribution in [0.3, 0.4) is 0 Å². The van der Waals surface area contributed by atoms with Crippen molar-refractivity contribution in [1.29, 1.82) is 0 Å². The highest BCUT2D eigenvalue weighted by Crippen LogP contribution is 2.14. The van der Waals surface area contributed by atoms with Gasteiger partial charge in [-0.15, -0.1) is 0 Å². The number of hydrogen-bond acceptors (Lipinski definition) is 2. The molecule has 0 atom stereocenters. The molecule has 0 aliphatic heterocycles. The molecule has 2 aromatic heterocycles. The summed E-state index contributed by atoms with van der Waals surface area (Å²) in [7, 11) is 0. The summed E-state index contributed by atoms with van der Waals surface area (Å²) in [5.41, 5.74) is 2.44. The Morgan fingerprint density at radius 2 is 1.74 bits per heavy atom. The number of carbonyl (C=O) groups excluding carboxylic acids is 1. The molecule has 1 aromatic carbocycles. The first-order chi connectivity index (χ1) is 9.34. The molecule has 2 heterocycles. The first-order valence-electron chi connectivity index (χ1n) is 6.11. The molecule has 0 saturated heterocycles. The third kappa shape index (κ3) is 2.36. The van der Waals surface area contributed by atoms with Crippen LogP contribution in [0.4, 0.5) is 0 Å². The number of carbonyl (C=O) groups is 1. The Morgan fingerprint density at radius 1 is 0.947 bits per heavy atom. The van der Waals surface area contributed by atoms with Crippen LogP contribution in [0.2, 0.25) is 0 Å². The van der Waals surface area contributed by atoms with Gasteiger partial charge in [0, 0.05) is 12.4 Å². The lowest BCUT2D eigenvalue weighted by Gasteiger charge is -2.04. The Kier molecular flexibility index (Phi) is 3.02. The number of aromatic nitrogens is 1. The van der Waals surface area contributed by atoms with E-state index in [1.165, 1.54) is 0 Å². The molecule has 0 amide bonds.